The number of anilines is 1. The van der Waals surface area contributed by atoms with Gasteiger partial charge in [0.2, 0.25) is 0 Å². The van der Waals surface area contributed by atoms with E-state index in [0.29, 0.717) is 22.0 Å². The van der Waals surface area contributed by atoms with E-state index in [1.54, 1.807) is 47.8 Å². The monoisotopic (exact) mass is 414 g/mol. The van der Waals surface area contributed by atoms with Gasteiger partial charge in [-0.2, -0.15) is 13.9 Å². The second kappa shape index (κ2) is 7.76. The van der Waals surface area contributed by atoms with Crippen LogP contribution in [0, 0.1) is 0 Å². The number of nitrogens with zero attached hydrogens (tertiary/aromatic N) is 2. The molecule has 4 aromatic rings. The highest BCUT2D eigenvalue weighted by atomic mass is 32.1. The molecule has 0 saturated carbocycles. The number of hydrogen-bond acceptors (Lipinski definition) is 6. The predicted octanol–water partition coefficient (Wildman–Crippen LogP) is 3.90. The minimum absolute atomic E-state index is 0.0148. The van der Waals surface area contributed by atoms with Gasteiger partial charge in [-0.3, -0.25) is 14.9 Å². The lowest BCUT2D eigenvalue weighted by molar-refractivity contribution is -0.0494. The van der Waals surface area contributed by atoms with Crippen LogP contribution in [0.2, 0.25) is 0 Å². The number of aromatic nitrogens is 3. The molecular weight excluding hydrogens is 402 g/mol. The van der Waals surface area contributed by atoms with Gasteiger partial charge in [0.15, 0.2) is 10.8 Å². The van der Waals surface area contributed by atoms with Crippen LogP contribution < -0.4 is 15.6 Å². The fourth-order valence-electron chi connectivity index (χ4n) is 2.78. The number of thiazole rings is 1. The number of ether oxygens (including phenoxy) is 1. The van der Waals surface area contributed by atoms with Gasteiger partial charge in [0.25, 0.3) is 11.5 Å². The minimum Gasteiger partial charge on any atom is -0.434 e. The number of nitrogens with one attached hydrogen (secondary N) is 2. The first kappa shape index (κ1) is 18.7. The van der Waals surface area contributed by atoms with E-state index in [1.165, 1.54) is 6.07 Å². The Morgan fingerprint density at radius 3 is 2.62 bits per heavy atom. The van der Waals surface area contributed by atoms with Crippen LogP contribution in [0.5, 0.6) is 5.75 Å². The standard InChI is InChI=1S/C19H12F2N4O3S/c20-18(21)28-14-8-4-3-7-12(14)13-9-29-19(22-13)23-17(27)15-10-5-1-2-6-11(10)16(26)25-24-15/h1-9,18H,(H,25,26)(H,22,23,27). The molecule has 0 atom stereocenters. The van der Waals surface area contributed by atoms with Gasteiger partial charge in [-0.05, 0) is 18.2 Å². The number of hydrogen-bond donors (Lipinski definition) is 2. The maximum atomic E-state index is 12.6. The molecule has 2 aromatic carbocycles. The number of H-pyrrole nitrogens is 1. The molecular formula is C19H12F2N4O3S. The smallest absolute Gasteiger partial charge is 0.387 e. The molecule has 1 amide bonds. The maximum absolute atomic E-state index is 12.6. The molecule has 0 unspecified atom stereocenters. The molecule has 0 spiro atoms. The molecule has 146 valence electrons. The molecule has 10 heteroatoms. The van der Waals surface area contributed by atoms with E-state index < -0.39 is 18.1 Å². The van der Waals surface area contributed by atoms with Crippen molar-refractivity contribution in [1.82, 2.24) is 15.2 Å². The Balaban J connectivity index is 1.62. The molecule has 2 heterocycles. The number of aromatic amines is 1. The second-order valence-electron chi connectivity index (χ2n) is 5.81. The molecule has 0 fully saturated rings. The zero-order valence-electron chi connectivity index (χ0n) is 14.6. The molecule has 2 aromatic heterocycles. The molecule has 0 saturated heterocycles. The average molecular weight is 414 g/mol. The third kappa shape index (κ3) is 3.83. The number of amides is 1. The highest BCUT2D eigenvalue weighted by molar-refractivity contribution is 7.14. The SMILES string of the molecule is O=C(Nc1nc(-c2ccccc2OC(F)F)cs1)c1n[nH]c(=O)c2ccccc12. The van der Waals surface area contributed by atoms with Gasteiger partial charge in [0, 0.05) is 16.3 Å². The summed E-state index contributed by atoms with van der Waals surface area (Å²) in [5.41, 5.74) is 0.390. The zero-order valence-corrected chi connectivity index (χ0v) is 15.4. The molecule has 29 heavy (non-hydrogen) atoms. The van der Waals surface area contributed by atoms with Crippen molar-refractivity contribution < 1.29 is 18.3 Å². The minimum atomic E-state index is -2.96. The fraction of sp³-hybridized carbons (Fsp3) is 0.0526. The lowest BCUT2D eigenvalue weighted by Crippen LogP contribution is -2.19. The third-order valence-electron chi connectivity index (χ3n) is 4.01. The van der Waals surface area contributed by atoms with Crippen molar-refractivity contribution in [3.8, 4) is 17.0 Å². The molecule has 2 N–H and O–H groups in total. The van der Waals surface area contributed by atoms with Crippen molar-refractivity contribution in [3.63, 3.8) is 0 Å². The van der Waals surface area contributed by atoms with Crippen molar-refractivity contribution >= 4 is 33.1 Å². The number of rotatable bonds is 5. The van der Waals surface area contributed by atoms with Gasteiger partial charge in [0.05, 0.1) is 11.1 Å². The van der Waals surface area contributed by atoms with Crippen molar-refractivity contribution in [2.75, 3.05) is 5.32 Å². The largest absolute Gasteiger partial charge is 0.434 e. The van der Waals surface area contributed by atoms with Crippen molar-refractivity contribution in [2.45, 2.75) is 6.61 Å². The Morgan fingerprint density at radius 1 is 1.10 bits per heavy atom. The van der Waals surface area contributed by atoms with Crippen LogP contribution in [0.1, 0.15) is 10.5 Å². The van der Waals surface area contributed by atoms with E-state index >= 15 is 0 Å². The first-order valence-corrected chi connectivity index (χ1v) is 9.19. The molecule has 0 radical (unpaired) electrons. The van der Waals surface area contributed by atoms with Crippen LogP contribution in [0.3, 0.4) is 0 Å². The lowest BCUT2D eigenvalue weighted by atomic mass is 10.1. The van der Waals surface area contributed by atoms with E-state index in [-0.39, 0.29) is 16.6 Å². The maximum Gasteiger partial charge on any atom is 0.387 e. The van der Waals surface area contributed by atoms with E-state index in [4.69, 9.17) is 0 Å². The normalized spacial score (nSPS) is 11.0. The number of alkyl halides is 2. The van der Waals surface area contributed by atoms with Crippen LogP contribution in [0.15, 0.2) is 58.7 Å². The molecule has 0 aliphatic rings. The van der Waals surface area contributed by atoms with Crippen molar-refractivity contribution in [1.29, 1.82) is 0 Å². The average Bonchev–Trinajstić information content (AvgIpc) is 3.16. The van der Waals surface area contributed by atoms with Gasteiger partial charge in [0.1, 0.15) is 5.75 Å². The Bertz CT molecular complexity index is 1260. The topological polar surface area (TPSA) is 97.0 Å². The Labute approximate surface area is 166 Å². The predicted molar refractivity (Wildman–Crippen MR) is 104 cm³/mol. The number of fused-ring (bicyclic) bond motifs is 1. The van der Waals surface area contributed by atoms with E-state index in [9.17, 15) is 18.4 Å². The summed E-state index contributed by atoms with van der Waals surface area (Å²) in [4.78, 5) is 28.8. The number of para-hydroxylation sites is 1. The highest BCUT2D eigenvalue weighted by Gasteiger charge is 2.17. The molecule has 0 aliphatic heterocycles. The number of carbonyl (C=O) groups excluding carboxylic acids is 1. The zero-order chi connectivity index (χ0) is 20.4. The second-order valence-corrected chi connectivity index (χ2v) is 6.67. The number of carbonyl (C=O) groups is 1. The molecule has 4 rings (SSSR count). The van der Waals surface area contributed by atoms with E-state index in [1.807, 2.05) is 0 Å². The van der Waals surface area contributed by atoms with Gasteiger partial charge in [-0.15, -0.1) is 11.3 Å². The number of halogens is 2. The third-order valence-corrected chi connectivity index (χ3v) is 4.77. The summed E-state index contributed by atoms with van der Waals surface area (Å²) in [6, 6.07) is 12.8. The summed E-state index contributed by atoms with van der Waals surface area (Å²) in [7, 11) is 0. The van der Waals surface area contributed by atoms with Gasteiger partial charge in [-0.1, -0.05) is 30.3 Å². The molecule has 7 nitrogen and oxygen atoms in total. The highest BCUT2D eigenvalue weighted by Crippen LogP contribution is 2.33. The number of benzene rings is 2. The summed E-state index contributed by atoms with van der Waals surface area (Å²) in [5, 5.41) is 11.3. The van der Waals surface area contributed by atoms with E-state index in [0.717, 1.165) is 11.3 Å². The Kier molecular flexibility index (Phi) is 5.00. The van der Waals surface area contributed by atoms with Crippen LogP contribution >= 0.6 is 11.3 Å². The summed E-state index contributed by atoms with van der Waals surface area (Å²) in [6.07, 6.45) is 0. The van der Waals surface area contributed by atoms with Crippen LogP contribution in [-0.4, -0.2) is 27.7 Å². The molecule has 0 bridgehead atoms. The summed E-state index contributed by atoms with van der Waals surface area (Å²) < 4.78 is 29.7. The van der Waals surface area contributed by atoms with Gasteiger partial charge >= 0.3 is 6.61 Å². The van der Waals surface area contributed by atoms with Crippen molar-refractivity contribution in [2.24, 2.45) is 0 Å². The fourth-order valence-corrected chi connectivity index (χ4v) is 3.48. The Hall–Kier alpha value is -3.66. The van der Waals surface area contributed by atoms with Crippen LogP contribution in [0.4, 0.5) is 13.9 Å². The summed E-state index contributed by atoms with van der Waals surface area (Å²) in [5.74, 6) is -0.575. The lowest BCUT2D eigenvalue weighted by Gasteiger charge is -2.08. The first-order chi connectivity index (χ1) is 14.0. The first-order valence-electron chi connectivity index (χ1n) is 8.31. The van der Waals surface area contributed by atoms with E-state index in [2.05, 4.69) is 25.2 Å². The Morgan fingerprint density at radius 2 is 1.83 bits per heavy atom. The summed E-state index contributed by atoms with van der Waals surface area (Å²) in [6.45, 7) is -2.96. The molecule has 0 aliphatic carbocycles. The van der Waals surface area contributed by atoms with Crippen LogP contribution in [0.25, 0.3) is 22.0 Å². The van der Waals surface area contributed by atoms with Crippen molar-refractivity contribution in [3.05, 3.63) is 70.0 Å². The van der Waals surface area contributed by atoms with Gasteiger partial charge < -0.3 is 4.74 Å². The van der Waals surface area contributed by atoms with Gasteiger partial charge in [-0.25, -0.2) is 10.1 Å². The summed E-state index contributed by atoms with van der Waals surface area (Å²) >= 11 is 1.12. The van der Waals surface area contributed by atoms with Crippen LogP contribution in [-0.2, 0) is 0 Å². The quantitative estimate of drug-likeness (QED) is 0.516.